The molecule has 2 N–H and O–H groups in total. The second-order valence-electron chi connectivity index (χ2n) is 5.17. The first kappa shape index (κ1) is 15.9. The fourth-order valence-corrected chi connectivity index (χ4v) is 3.10. The van der Waals surface area contributed by atoms with Gasteiger partial charge in [0.2, 0.25) is 5.91 Å². The largest absolute Gasteiger partial charge is 0.467 e. The van der Waals surface area contributed by atoms with Gasteiger partial charge in [-0.1, -0.05) is 6.07 Å². The minimum atomic E-state index is -0.546. The first-order valence-corrected chi connectivity index (χ1v) is 8.10. The molecule has 2 amide bonds. The van der Waals surface area contributed by atoms with E-state index in [1.807, 2.05) is 18.2 Å². The van der Waals surface area contributed by atoms with Crippen molar-refractivity contribution in [1.82, 2.24) is 9.88 Å². The lowest BCUT2D eigenvalue weighted by Gasteiger charge is -2.21. The molecule has 0 aromatic carbocycles. The van der Waals surface area contributed by atoms with E-state index in [0.29, 0.717) is 29.3 Å². The Labute approximate surface area is 142 Å². The van der Waals surface area contributed by atoms with Gasteiger partial charge in [0, 0.05) is 24.3 Å². The maximum absolute atomic E-state index is 12.8. The van der Waals surface area contributed by atoms with E-state index in [-0.39, 0.29) is 5.91 Å². The maximum atomic E-state index is 12.8. The molecule has 3 heterocycles. The molecule has 0 bridgehead atoms. The number of hydrogen-bond acceptors (Lipinski definition) is 5. The summed E-state index contributed by atoms with van der Waals surface area (Å²) in [6, 6.07) is 8.83. The van der Waals surface area contributed by atoms with Crippen molar-refractivity contribution in [1.29, 1.82) is 0 Å². The molecule has 0 aliphatic carbocycles. The average Bonchev–Trinajstić information content (AvgIpc) is 3.26. The molecule has 0 spiro atoms. The molecule has 0 aliphatic heterocycles. The Kier molecular flexibility index (Phi) is 4.72. The zero-order chi connectivity index (χ0) is 16.9. The lowest BCUT2D eigenvalue weighted by atomic mass is 10.2. The van der Waals surface area contributed by atoms with Crippen LogP contribution in [0.5, 0.6) is 0 Å². The van der Waals surface area contributed by atoms with E-state index in [2.05, 4.69) is 4.98 Å². The average molecular weight is 341 g/mol. The van der Waals surface area contributed by atoms with Gasteiger partial charge in [-0.15, -0.1) is 11.3 Å². The smallest absolute Gasteiger partial charge is 0.264 e. The van der Waals surface area contributed by atoms with Crippen LogP contribution in [0.1, 0.15) is 31.4 Å². The van der Waals surface area contributed by atoms with Crippen LogP contribution >= 0.6 is 11.3 Å². The summed E-state index contributed by atoms with van der Waals surface area (Å²) in [7, 11) is 0. The van der Waals surface area contributed by atoms with Crippen molar-refractivity contribution in [3.05, 3.63) is 76.1 Å². The molecule has 0 unspecified atom stereocenters. The molecular weight excluding hydrogens is 326 g/mol. The summed E-state index contributed by atoms with van der Waals surface area (Å²) in [5, 5.41) is 1.59. The first-order chi connectivity index (χ1) is 11.6. The molecule has 7 heteroatoms. The summed E-state index contributed by atoms with van der Waals surface area (Å²) in [5.41, 5.74) is 6.50. The van der Waals surface area contributed by atoms with Crippen molar-refractivity contribution in [3.8, 4) is 0 Å². The third kappa shape index (κ3) is 3.69. The quantitative estimate of drug-likeness (QED) is 0.746. The first-order valence-electron chi connectivity index (χ1n) is 7.22. The number of hydrogen-bond donors (Lipinski definition) is 1. The molecular formula is C17H15N3O3S. The number of amides is 2. The Balaban J connectivity index is 1.84. The van der Waals surface area contributed by atoms with E-state index >= 15 is 0 Å². The molecule has 0 radical (unpaired) electrons. The van der Waals surface area contributed by atoms with Gasteiger partial charge in [0.1, 0.15) is 5.76 Å². The van der Waals surface area contributed by atoms with E-state index < -0.39 is 5.91 Å². The van der Waals surface area contributed by atoms with Gasteiger partial charge in [-0.25, -0.2) is 0 Å². The van der Waals surface area contributed by atoms with Crippen LogP contribution in [0.25, 0.3) is 0 Å². The maximum Gasteiger partial charge on any atom is 0.264 e. The summed E-state index contributed by atoms with van der Waals surface area (Å²) in [6.07, 6.45) is 4.96. The number of furan rings is 1. The van der Waals surface area contributed by atoms with Crippen molar-refractivity contribution in [2.75, 3.05) is 0 Å². The van der Waals surface area contributed by atoms with Gasteiger partial charge in [-0.2, -0.15) is 0 Å². The molecule has 0 atom stereocenters. The summed E-state index contributed by atoms with van der Waals surface area (Å²) in [4.78, 5) is 30.2. The molecule has 0 saturated heterocycles. The van der Waals surface area contributed by atoms with E-state index in [4.69, 9.17) is 10.2 Å². The van der Waals surface area contributed by atoms with Crippen LogP contribution in [0.3, 0.4) is 0 Å². The Morgan fingerprint density at radius 2 is 2.12 bits per heavy atom. The van der Waals surface area contributed by atoms with Crippen LogP contribution in [0.15, 0.2) is 58.8 Å². The summed E-state index contributed by atoms with van der Waals surface area (Å²) in [5.74, 6) is -0.0539. The molecule has 3 aromatic heterocycles. The molecule has 0 saturated carbocycles. The zero-order valence-corrected chi connectivity index (χ0v) is 13.5. The highest BCUT2D eigenvalue weighted by molar-refractivity contribution is 7.12. The monoisotopic (exact) mass is 341 g/mol. The Bertz CT molecular complexity index is 828. The van der Waals surface area contributed by atoms with Crippen molar-refractivity contribution in [2.24, 2.45) is 5.73 Å². The highest BCUT2D eigenvalue weighted by Crippen LogP contribution is 2.20. The second kappa shape index (κ2) is 7.10. The van der Waals surface area contributed by atoms with E-state index in [0.717, 1.165) is 5.56 Å². The van der Waals surface area contributed by atoms with Crippen molar-refractivity contribution in [2.45, 2.75) is 13.1 Å². The third-order valence-corrected chi connectivity index (χ3v) is 4.32. The normalized spacial score (nSPS) is 10.5. The number of carbonyl (C=O) groups is 2. The summed E-state index contributed by atoms with van der Waals surface area (Å²) in [6.45, 7) is 0.710. The van der Waals surface area contributed by atoms with Crippen molar-refractivity contribution in [3.63, 3.8) is 0 Å². The van der Waals surface area contributed by atoms with Crippen LogP contribution in [-0.2, 0) is 13.1 Å². The van der Waals surface area contributed by atoms with Crippen LogP contribution in [-0.4, -0.2) is 21.7 Å². The molecule has 0 aliphatic rings. The minimum Gasteiger partial charge on any atom is -0.467 e. The Morgan fingerprint density at radius 3 is 2.75 bits per heavy atom. The van der Waals surface area contributed by atoms with Crippen molar-refractivity contribution >= 4 is 23.2 Å². The second-order valence-corrected chi connectivity index (χ2v) is 6.08. The van der Waals surface area contributed by atoms with Crippen LogP contribution in [0, 0.1) is 0 Å². The number of primary amides is 1. The topological polar surface area (TPSA) is 89.4 Å². The van der Waals surface area contributed by atoms with Crippen molar-refractivity contribution < 1.29 is 14.0 Å². The van der Waals surface area contributed by atoms with E-state index in [1.54, 1.807) is 35.0 Å². The Morgan fingerprint density at radius 1 is 1.25 bits per heavy atom. The molecule has 3 rings (SSSR count). The van der Waals surface area contributed by atoms with Gasteiger partial charge in [-0.3, -0.25) is 14.6 Å². The lowest BCUT2D eigenvalue weighted by molar-refractivity contribution is 0.0722. The number of thiophene rings is 1. The fourth-order valence-electron chi connectivity index (χ4n) is 2.24. The minimum absolute atomic E-state index is 0.187. The fraction of sp³-hybridized carbons (Fsp3) is 0.118. The molecule has 3 aromatic rings. The van der Waals surface area contributed by atoms with Gasteiger partial charge < -0.3 is 15.1 Å². The van der Waals surface area contributed by atoms with Crippen LogP contribution in [0.4, 0.5) is 0 Å². The van der Waals surface area contributed by atoms with Gasteiger partial charge in [0.25, 0.3) is 5.91 Å². The van der Waals surface area contributed by atoms with Gasteiger partial charge in [-0.05, 0) is 29.8 Å². The molecule has 24 heavy (non-hydrogen) atoms. The highest BCUT2D eigenvalue weighted by atomic mass is 32.1. The lowest BCUT2D eigenvalue weighted by Crippen LogP contribution is -2.29. The van der Waals surface area contributed by atoms with Gasteiger partial charge >= 0.3 is 0 Å². The number of nitrogens with two attached hydrogens (primary N) is 1. The standard InChI is InChI=1S/C17H15N3O3S/c18-16(21)13-7-15(24-11-13)17(22)20(10-14-4-2-6-23-14)9-12-3-1-5-19-8-12/h1-8,11H,9-10H2,(H2,18,21). The van der Waals surface area contributed by atoms with E-state index in [1.165, 1.54) is 17.4 Å². The van der Waals surface area contributed by atoms with Crippen LogP contribution < -0.4 is 5.73 Å². The number of nitrogens with zero attached hydrogens (tertiary/aromatic N) is 2. The SMILES string of the molecule is NC(=O)c1csc(C(=O)N(Cc2cccnc2)Cc2ccco2)c1. The zero-order valence-electron chi connectivity index (χ0n) is 12.7. The molecule has 6 nitrogen and oxygen atoms in total. The third-order valence-electron chi connectivity index (χ3n) is 3.40. The van der Waals surface area contributed by atoms with E-state index in [9.17, 15) is 9.59 Å². The Hall–Kier alpha value is -2.93. The summed E-state index contributed by atoms with van der Waals surface area (Å²) >= 11 is 1.20. The predicted octanol–water partition coefficient (Wildman–Crippen LogP) is 2.68. The summed E-state index contributed by atoms with van der Waals surface area (Å²) < 4.78 is 5.35. The number of pyridine rings is 1. The molecule has 122 valence electrons. The number of aromatic nitrogens is 1. The predicted molar refractivity (Wildman–Crippen MR) is 89.4 cm³/mol. The number of rotatable bonds is 6. The molecule has 0 fully saturated rings. The van der Waals surface area contributed by atoms with Gasteiger partial charge in [0.15, 0.2) is 0 Å². The number of carbonyl (C=O) groups excluding carboxylic acids is 2. The van der Waals surface area contributed by atoms with Gasteiger partial charge in [0.05, 0.1) is 23.2 Å². The highest BCUT2D eigenvalue weighted by Gasteiger charge is 2.20. The van der Waals surface area contributed by atoms with Crippen LogP contribution in [0.2, 0.25) is 0 Å².